The molecule has 2 aromatic rings. The Hall–Kier alpha value is -4.67. The standard InChI is InChI=1S/C43H53NO14/c1-22-26(55-37(51)32(48)30(24-15-11-9-12-16-24)44-38(52)58-39(3,4)5)20-43(53)35(56-36(50)25-17-13-10-14-18-25)33-41(8,34(49)31(47)29(22)40(43,6)7)27(46)19-28-42(33,21-54-28)57-23(2)45/h9-18,26-28,30-33,35,46-48,53H,19-21H2,1-8H3,(H,44,52)/t26-,27+,28+,30-,31+,32+,33-,35-,41+,42-,43+/m1/s1. The summed E-state index contributed by atoms with van der Waals surface area (Å²) < 4.78 is 29.5. The molecule has 0 unspecified atom stereocenters. The molecule has 2 saturated carbocycles. The Bertz CT molecular complexity index is 1980. The number of fused-ring (bicyclic) bond motifs is 5. The highest BCUT2D eigenvalue weighted by Gasteiger charge is 2.78. The van der Waals surface area contributed by atoms with E-state index in [1.54, 1.807) is 83.1 Å². The van der Waals surface area contributed by atoms with Gasteiger partial charge in [0, 0.05) is 25.2 Å². The summed E-state index contributed by atoms with van der Waals surface area (Å²) in [4.78, 5) is 68.9. The number of carbonyl (C=O) groups excluding carboxylic acids is 5. The van der Waals surface area contributed by atoms with Gasteiger partial charge in [-0.1, -0.05) is 62.4 Å². The molecule has 3 aliphatic carbocycles. The van der Waals surface area contributed by atoms with Crippen LogP contribution in [0.2, 0.25) is 0 Å². The van der Waals surface area contributed by atoms with Gasteiger partial charge >= 0.3 is 24.0 Å². The average Bonchev–Trinajstić information content (AvgIpc) is 3.14. The number of carbonyl (C=O) groups is 5. The molecular formula is C43H53NO14. The molecule has 0 radical (unpaired) electrons. The molecule has 0 spiro atoms. The van der Waals surface area contributed by atoms with Crippen LogP contribution < -0.4 is 5.32 Å². The van der Waals surface area contributed by atoms with Crippen LogP contribution in [0.15, 0.2) is 71.8 Å². The maximum Gasteiger partial charge on any atom is 0.408 e. The summed E-state index contributed by atoms with van der Waals surface area (Å²) in [5.41, 5.74) is -8.14. The third-order valence-electron chi connectivity index (χ3n) is 12.6. The number of benzene rings is 2. The quantitative estimate of drug-likeness (QED) is 0.147. The highest BCUT2D eigenvalue weighted by atomic mass is 16.6. The van der Waals surface area contributed by atoms with Crippen molar-refractivity contribution in [1.82, 2.24) is 5.32 Å². The smallest absolute Gasteiger partial charge is 0.408 e. The van der Waals surface area contributed by atoms with Gasteiger partial charge in [0.2, 0.25) is 0 Å². The second-order valence-electron chi connectivity index (χ2n) is 17.6. The molecule has 15 heteroatoms. The van der Waals surface area contributed by atoms with Gasteiger partial charge in [0.25, 0.3) is 0 Å². The summed E-state index contributed by atoms with van der Waals surface area (Å²) in [6.07, 6.45) is -11.5. The Morgan fingerprint density at radius 1 is 0.948 bits per heavy atom. The molecule has 15 nitrogen and oxygen atoms in total. The van der Waals surface area contributed by atoms with Gasteiger partial charge in [0.05, 0.1) is 35.6 Å². The number of rotatable bonds is 8. The lowest BCUT2D eigenvalue weighted by Gasteiger charge is -2.67. The normalized spacial score (nSPS) is 33.7. The Morgan fingerprint density at radius 2 is 1.55 bits per heavy atom. The minimum atomic E-state index is -2.35. The van der Waals surface area contributed by atoms with Gasteiger partial charge in [0.1, 0.15) is 35.6 Å². The molecule has 314 valence electrons. The van der Waals surface area contributed by atoms with Crippen molar-refractivity contribution >= 4 is 29.8 Å². The molecule has 2 bridgehead atoms. The SMILES string of the molecule is CC(=O)O[C@]12CO[C@H]1C[C@H](O)[C@]1(C)C(=O)[C@@H](O)C3=C(C)[C@H](OC(=O)[C@@H](O)[C@H](NC(=O)OC(C)(C)C)c4ccccc4)C[C@](O)([C@H](OC(=O)c4ccccc4)[C@@H]21)C3(C)C. The lowest BCUT2D eigenvalue weighted by Crippen LogP contribution is -2.81. The number of ether oxygens (including phenoxy) is 5. The van der Waals surface area contributed by atoms with Crippen LogP contribution in [0.3, 0.4) is 0 Å². The van der Waals surface area contributed by atoms with Gasteiger partial charge in [0.15, 0.2) is 17.5 Å². The number of aliphatic hydroxyl groups excluding tert-OH is 3. The van der Waals surface area contributed by atoms with Gasteiger partial charge in [-0.3, -0.25) is 9.59 Å². The maximum absolute atomic E-state index is 14.9. The first kappa shape index (κ1) is 42.9. The van der Waals surface area contributed by atoms with Gasteiger partial charge in [-0.2, -0.15) is 0 Å². The summed E-state index contributed by atoms with van der Waals surface area (Å²) in [5, 5.41) is 51.6. The fourth-order valence-corrected chi connectivity index (χ4v) is 9.56. The molecule has 6 rings (SSSR count). The maximum atomic E-state index is 14.9. The highest BCUT2D eigenvalue weighted by Crippen LogP contribution is 2.64. The Morgan fingerprint density at radius 3 is 2.10 bits per heavy atom. The number of hydrogen-bond donors (Lipinski definition) is 5. The van der Waals surface area contributed by atoms with Crippen molar-refractivity contribution < 1.29 is 68.1 Å². The number of ketones is 1. The van der Waals surface area contributed by atoms with Gasteiger partial charge in [-0.05, 0) is 63.5 Å². The van der Waals surface area contributed by atoms with Gasteiger partial charge in [-0.25, -0.2) is 14.4 Å². The van der Waals surface area contributed by atoms with Gasteiger partial charge in [-0.15, -0.1) is 0 Å². The van der Waals surface area contributed by atoms with Crippen molar-refractivity contribution in [2.45, 2.75) is 128 Å². The third-order valence-corrected chi connectivity index (χ3v) is 12.6. The molecule has 1 aliphatic heterocycles. The fraction of sp³-hybridized carbons (Fsp3) is 0.558. The van der Waals surface area contributed by atoms with E-state index in [0.717, 1.165) is 6.92 Å². The predicted molar refractivity (Wildman–Crippen MR) is 204 cm³/mol. The molecule has 1 saturated heterocycles. The first-order chi connectivity index (χ1) is 27.0. The number of esters is 3. The largest absolute Gasteiger partial charge is 0.456 e. The first-order valence-corrected chi connectivity index (χ1v) is 19.3. The molecule has 58 heavy (non-hydrogen) atoms. The average molecular weight is 808 g/mol. The summed E-state index contributed by atoms with van der Waals surface area (Å²) in [6, 6.07) is 14.6. The van der Waals surface area contributed by atoms with Crippen LogP contribution >= 0.6 is 0 Å². The van der Waals surface area contributed by atoms with Gasteiger partial charge < -0.3 is 49.4 Å². The van der Waals surface area contributed by atoms with E-state index in [1.165, 1.54) is 26.0 Å². The first-order valence-electron chi connectivity index (χ1n) is 19.3. The van der Waals surface area contributed by atoms with E-state index in [1.807, 2.05) is 0 Å². The van der Waals surface area contributed by atoms with Crippen molar-refractivity contribution in [2.24, 2.45) is 16.7 Å². The zero-order chi connectivity index (χ0) is 42.7. The van der Waals surface area contributed by atoms with E-state index in [9.17, 15) is 44.4 Å². The molecule has 4 aliphatic rings. The summed E-state index contributed by atoms with van der Waals surface area (Å²) in [6.45, 7) is 11.8. The topological polar surface area (TPSA) is 224 Å². The van der Waals surface area contributed by atoms with Crippen molar-refractivity contribution in [3.63, 3.8) is 0 Å². The van der Waals surface area contributed by atoms with Crippen LogP contribution in [0, 0.1) is 16.7 Å². The molecular weight excluding hydrogens is 754 g/mol. The van der Waals surface area contributed by atoms with Crippen molar-refractivity contribution in [1.29, 1.82) is 0 Å². The Balaban J connectivity index is 1.49. The minimum absolute atomic E-state index is 0.0637. The van der Waals surface area contributed by atoms with Crippen molar-refractivity contribution in [3.05, 3.63) is 82.9 Å². The fourth-order valence-electron chi connectivity index (χ4n) is 9.56. The predicted octanol–water partition coefficient (Wildman–Crippen LogP) is 3.26. The number of aliphatic hydroxyl groups is 4. The monoisotopic (exact) mass is 807 g/mol. The molecule has 1 heterocycles. The number of hydrogen-bond acceptors (Lipinski definition) is 14. The Kier molecular flexibility index (Phi) is 11.2. The number of nitrogens with one attached hydrogen (secondary N) is 1. The van der Waals surface area contributed by atoms with Crippen LogP contribution in [-0.4, -0.2) is 110 Å². The van der Waals surface area contributed by atoms with E-state index in [4.69, 9.17) is 23.7 Å². The molecule has 1 amide bonds. The second-order valence-corrected chi connectivity index (χ2v) is 17.6. The zero-order valence-electron chi connectivity index (χ0n) is 33.9. The lowest BCUT2D eigenvalue weighted by molar-refractivity contribution is -0.346. The number of alkyl carbamates (subject to hydrolysis) is 1. The van der Waals surface area contributed by atoms with E-state index in [0.29, 0.717) is 5.56 Å². The van der Waals surface area contributed by atoms with Crippen molar-refractivity contribution in [3.8, 4) is 0 Å². The molecule has 2 aromatic carbocycles. The van der Waals surface area contributed by atoms with E-state index >= 15 is 0 Å². The van der Waals surface area contributed by atoms with Crippen LogP contribution in [0.5, 0.6) is 0 Å². The second kappa shape index (κ2) is 15.2. The summed E-state index contributed by atoms with van der Waals surface area (Å²) in [5.74, 6) is -5.36. The van der Waals surface area contributed by atoms with Crippen LogP contribution in [-0.2, 0) is 38.1 Å². The number of Topliss-reactive ketones (excluding diaryl/α,β-unsaturated/α-hetero) is 1. The minimum Gasteiger partial charge on any atom is -0.456 e. The zero-order valence-corrected chi connectivity index (χ0v) is 33.9. The highest BCUT2D eigenvalue weighted by molar-refractivity contribution is 5.94. The van der Waals surface area contributed by atoms with E-state index < -0.39 is 112 Å². The van der Waals surface area contributed by atoms with Crippen LogP contribution in [0.1, 0.15) is 90.2 Å². The van der Waals surface area contributed by atoms with E-state index in [2.05, 4.69) is 5.32 Å². The van der Waals surface area contributed by atoms with Crippen LogP contribution in [0.25, 0.3) is 0 Å². The van der Waals surface area contributed by atoms with Crippen molar-refractivity contribution in [2.75, 3.05) is 6.61 Å². The van der Waals surface area contributed by atoms with Crippen LogP contribution in [0.4, 0.5) is 4.79 Å². The molecule has 11 atom stereocenters. The lowest BCUT2D eigenvalue weighted by atomic mass is 9.44. The third kappa shape index (κ3) is 7.10. The van der Waals surface area contributed by atoms with E-state index in [-0.39, 0.29) is 29.7 Å². The summed E-state index contributed by atoms with van der Waals surface area (Å²) >= 11 is 0. The molecule has 3 fully saturated rings. The number of amides is 1. The molecule has 5 N–H and O–H groups in total. The Labute approximate surface area is 336 Å². The molecule has 0 aromatic heterocycles. The summed E-state index contributed by atoms with van der Waals surface area (Å²) in [7, 11) is 0.